The fourth-order valence-corrected chi connectivity index (χ4v) is 2.29. The third-order valence-corrected chi connectivity index (χ3v) is 3.26. The summed E-state index contributed by atoms with van der Waals surface area (Å²) in [6.45, 7) is 0. The second-order valence-corrected chi connectivity index (χ2v) is 4.50. The number of ether oxygens (including phenoxy) is 1. The van der Waals surface area contributed by atoms with E-state index < -0.39 is 0 Å². The van der Waals surface area contributed by atoms with Crippen molar-refractivity contribution in [2.24, 2.45) is 5.73 Å². The van der Waals surface area contributed by atoms with Gasteiger partial charge in [0.25, 0.3) is 0 Å². The summed E-state index contributed by atoms with van der Waals surface area (Å²) >= 11 is 0. The van der Waals surface area contributed by atoms with Gasteiger partial charge in [0.1, 0.15) is 6.10 Å². The van der Waals surface area contributed by atoms with E-state index in [1.165, 1.54) is 12.8 Å². The van der Waals surface area contributed by atoms with Gasteiger partial charge in [0.15, 0.2) is 5.65 Å². The van der Waals surface area contributed by atoms with Crippen LogP contribution in [0.2, 0.25) is 0 Å². The maximum absolute atomic E-state index is 6.05. The molecule has 5 nitrogen and oxygen atoms in total. The molecule has 1 aliphatic rings. The molecule has 0 spiro atoms. The van der Waals surface area contributed by atoms with Crippen molar-refractivity contribution in [2.75, 3.05) is 0 Å². The lowest BCUT2D eigenvalue weighted by atomic mass is 9.93. The Morgan fingerprint density at radius 1 is 1.29 bits per heavy atom. The molecule has 2 aromatic heterocycles. The van der Waals surface area contributed by atoms with Crippen LogP contribution in [-0.2, 0) is 0 Å². The van der Waals surface area contributed by atoms with Gasteiger partial charge in [-0.3, -0.25) is 0 Å². The zero-order valence-corrected chi connectivity index (χ0v) is 9.62. The molecule has 0 aliphatic heterocycles. The van der Waals surface area contributed by atoms with Crippen molar-refractivity contribution in [2.45, 2.75) is 37.8 Å². The lowest BCUT2D eigenvalue weighted by molar-refractivity contribution is 0.127. The number of nitrogens with two attached hydrogens (primary N) is 1. The van der Waals surface area contributed by atoms with E-state index in [1.54, 1.807) is 10.7 Å². The van der Waals surface area contributed by atoms with Crippen LogP contribution in [0.25, 0.3) is 5.65 Å². The zero-order chi connectivity index (χ0) is 11.7. The Morgan fingerprint density at radius 2 is 2.18 bits per heavy atom. The minimum Gasteiger partial charge on any atom is -0.473 e. The second kappa shape index (κ2) is 4.33. The third-order valence-electron chi connectivity index (χ3n) is 3.26. The van der Waals surface area contributed by atoms with Gasteiger partial charge in [-0.2, -0.15) is 10.1 Å². The van der Waals surface area contributed by atoms with E-state index in [0.717, 1.165) is 18.5 Å². The first-order chi connectivity index (χ1) is 8.33. The third kappa shape index (κ3) is 2.10. The second-order valence-electron chi connectivity index (χ2n) is 4.50. The Kier molecular flexibility index (Phi) is 2.68. The largest absolute Gasteiger partial charge is 0.473 e. The Bertz CT molecular complexity index is 510. The molecular formula is C12H16N4O. The first-order valence-corrected chi connectivity index (χ1v) is 6.05. The zero-order valence-electron chi connectivity index (χ0n) is 9.62. The van der Waals surface area contributed by atoms with Gasteiger partial charge in [-0.1, -0.05) is 6.42 Å². The molecule has 2 atom stereocenters. The van der Waals surface area contributed by atoms with E-state index in [2.05, 4.69) is 10.1 Å². The average molecular weight is 232 g/mol. The van der Waals surface area contributed by atoms with Gasteiger partial charge in [0, 0.05) is 24.4 Å². The van der Waals surface area contributed by atoms with Gasteiger partial charge < -0.3 is 10.5 Å². The molecule has 2 unspecified atom stereocenters. The number of hydrogen-bond acceptors (Lipinski definition) is 4. The van der Waals surface area contributed by atoms with Gasteiger partial charge in [-0.15, -0.1) is 0 Å². The molecule has 17 heavy (non-hydrogen) atoms. The van der Waals surface area contributed by atoms with E-state index >= 15 is 0 Å². The maximum Gasteiger partial charge on any atom is 0.217 e. The first-order valence-electron chi connectivity index (χ1n) is 6.05. The standard InChI is InChI=1S/C12H16N4O/c13-9-3-1-2-4-10(9)17-12-6-8-16-11(15-12)5-7-14-16/h5-10H,1-4,13H2. The summed E-state index contributed by atoms with van der Waals surface area (Å²) in [5.74, 6) is 0.639. The highest BCUT2D eigenvalue weighted by Gasteiger charge is 2.23. The molecule has 0 bridgehead atoms. The van der Waals surface area contributed by atoms with Crippen molar-refractivity contribution in [3.63, 3.8) is 0 Å². The SMILES string of the molecule is NC1CCCCC1Oc1ccn2nccc2n1. The van der Waals surface area contributed by atoms with Crippen LogP contribution in [0.4, 0.5) is 0 Å². The average Bonchev–Trinajstić information content (AvgIpc) is 2.79. The number of fused-ring (bicyclic) bond motifs is 1. The van der Waals surface area contributed by atoms with Crippen LogP contribution in [0.3, 0.4) is 0 Å². The molecule has 3 rings (SSSR count). The summed E-state index contributed by atoms with van der Waals surface area (Å²) in [7, 11) is 0. The van der Waals surface area contributed by atoms with Crippen molar-refractivity contribution in [1.82, 2.24) is 14.6 Å². The quantitative estimate of drug-likeness (QED) is 0.849. The minimum absolute atomic E-state index is 0.0987. The van der Waals surface area contributed by atoms with Gasteiger partial charge in [0.2, 0.25) is 5.88 Å². The van der Waals surface area contributed by atoms with Gasteiger partial charge in [-0.25, -0.2) is 4.52 Å². The molecular weight excluding hydrogens is 216 g/mol. The molecule has 1 fully saturated rings. The highest BCUT2D eigenvalue weighted by Crippen LogP contribution is 2.21. The fraction of sp³-hybridized carbons (Fsp3) is 0.500. The Morgan fingerprint density at radius 3 is 3.06 bits per heavy atom. The highest BCUT2D eigenvalue weighted by molar-refractivity contribution is 5.37. The van der Waals surface area contributed by atoms with Crippen molar-refractivity contribution in [3.05, 3.63) is 24.5 Å². The molecule has 2 heterocycles. The monoisotopic (exact) mass is 232 g/mol. The lowest BCUT2D eigenvalue weighted by Crippen LogP contribution is -2.41. The van der Waals surface area contributed by atoms with Crippen LogP contribution >= 0.6 is 0 Å². The summed E-state index contributed by atoms with van der Waals surface area (Å²) in [6, 6.07) is 3.82. The number of hydrogen-bond donors (Lipinski definition) is 1. The number of nitrogens with zero attached hydrogens (tertiary/aromatic N) is 3. The minimum atomic E-state index is 0.0987. The van der Waals surface area contributed by atoms with E-state index in [9.17, 15) is 0 Å². The molecule has 2 N–H and O–H groups in total. The van der Waals surface area contributed by atoms with Crippen molar-refractivity contribution in [1.29, 1.82) is 0 Å². The number of aromatic nitrogens is 3. The molecule has 1 saturated carbocycles. The van der Waals surface area contributed by atoms with Crippen LogP contribution in [0.15, 0.2) is 24.5 Å². The molecule has 1 aliphatic carbocycles. The van der Waals surface area contributed by atoms with Crippen molar-refractivity contribution < 1.29 is 4.74 Å². The van der Waals surface area contributed by atoms with Crippen molar-refractivity contribution >= 4 is 5.65 Å². The van der Waals surface area contributed by atoms with Crippen LogP contribution in [0, 0.1) is 0 Å². The normalized spacial score (nSPS) is 25.0. The summed E-state index contributed by atoms with van der Waals surface area (Å²) in [6.07, 6.45) is 8.13. The lowest BCUT2D eigenvalue weighted by Gasteiger charge is -2.28. The topological polar surface area (TPSA) is 65.4 Å². The van der Waals surface area contributed by atoms with E-state index in [-0.39, 0.29) is 12.1 Å². The van der Waals surface area contributed by atoms with E-state index in [0.29, 0.717) is 5.88 Å². The molecule has 2 aromatic rings. The summed E-state index contributed by atoms with van der Waals surface area (Å²) in [4.78, 5) is 4.39. The Labute approximate surface area is 99.6 Å². The van der Waals surface area contributed by atoms with E-state index in [4.69, 9.17) is 10.5 Å². The van der Waals surface area contributed by atoms with Crippen LogP contribution in [0.5, 0.6) is 5.88 Å². The fourth-order valence-electron chi connectivity index (χ4n) is 2.29. The summed E-state index contributed by atoms with van der Waals surface area (Å²) in [5.41, 5.74) is 6.85. The van der Waals surface area contributed by atoms with Gasteiger partial charge in [0.05, 0.1) is 6.20 Å². The summed E-state index contributed by atoms with van der Waals surface area (Å²) in [5, 5.41) is 4.10. The number of rotatable bonds is 2. The molecule has 0 radical (unpaired) electrons. The van der Waals surface area contributed by atoms with Crippen molar-refractivity contribution in [3.8, 4) is 5.88 Å². The Balaban J connectivity index is 1.79. The smallest absolute Gasteiger partial charge is 0.217 e. The predicted molar refractivity (Wildman–Crippen MR) is 63.8 cm³/mol. The maximum atomic E-state index is 6.05. The molecule has 90 valence electrons. The predicted octanol–water partition coefficient (Wildman–Crippen LogP) is 1.38. The highest BCUT2D eigenvalue weighted by atomic mass is 16.5. The molecule has 0 saturated heterocycles. The first kappa shape index (κ1) is 10.5. The van der Waals surface area contributed by atoms with Crippen LogP contribution in [-0.4, -0.2) is 26.7 Å². The Hall–Kier alpha value is -1.62. The molecule has 0 aromatic carbocycles. The van der Waals surface area contributed by atoms with Crippen LogP contribution in [0.1, 0.15) is 25.7 Å². The van der Waals surface area contributed by atoms with Crippen LogP contribution < -0.4 is 10.5 Å². The van der Waals surface area contributed by atoms with E-state index in [1.807, 2.05) is 18.3 Å². The molecule has 0 amide bonds. The molecule has 5 heteroatoms. The van der Waals surface area contributed by atoms with Gasteiger partial charge >= 0.3 is 0 Å². The summed E-state index contributed by atoms with van der Waals surface area (Å²) < 4.78 is 7.58. The van der Waals surface area contributed by atoms with Gasteiger partial charge in [-0.05, 0) is 19.3 Å².